The summed E-state index contributed by atoms with van der Waals surface area (Å²) in [5.74, 6) is -5.92. The number of nitrogens with one attached hydrogen (secondary N) is 1. The summed E-state index contributed by atoms with van der Waals surface area (Å²) in [6.07, 6.45) is -2.25. The molecular formula is C12H20NO9P. The van der Waals surface area contributed by atoms with E-state index in [9.17, 15) is 28.6 Å². The minimum absolute atomic E-state index is 0.302. The molecule has 0 heterocycles. The molecule has 0 aliphatic heterocycles. The summed E-state index contributed by atoms with van der Waals surface area (Å²) in [5.41, 5.74) is 0. The Morgan fingerprint density at radius 3 is 2.00 bits per heavy atom. The minimum atomic E-state index is -3.99. The van der Waals surface area contributed by atoms with Crippen LogP contribution >= 0.6 is 7.37 Å². The van der Waals surface area contributed by atoms with E-state index in [1.54, 1.807) is 0 Å². The van der Waals surface area contributed by atoms with Gasteiger partial charge in [0, 0.05) is 25.7 Å². The fourth-order valence-corrected chi connectivity index (χ4v) is 3.73. The van der Waals surface area contributed by atoms with E-state index in [2.05, 4.69) is 5.32 Å². The molecule has 0 saturated heterocycles. The quantitative estimate of drug-likeness (QED) is 0.314. The number of carbonyl (C=O) groups excluding carboxylic acids is 1. The standard InChI is InChI=1S/C12H20NO9P/c1-7(14)13-9(12(19)20)4-5-23(21,22)6-8(11(17)18)2-3-10(15)16/h8-9H,2-6H2,1H3,(H,13,14)(H,15,16)(H,17,18)(H,19,20)(H,21,22)/t8?,9-/m0/s1. The number of hydrogen-bond acceptors (Lipinski definition) is 5. The Balaban J connectivity index is 4.73. The van der Waals surface area contributed by atoms with Crippen LogP contribution in [0.5, 0.6) is 0 Å². The summed E-state index contributed by atoms with van der Waals surface area (Å²) < 4.78 is 12.0. The fourth-order valence-electron chi connectivity index (χ4n) is 1.86. The number of rotatable bonds is 11. The van der Waals surface area contributed by atoms with Gasteiger partial charge in [-0.1, -0.05) is 0 Å². The Morgan fingerprint density at radius 1 is 1.04 bits per heavy atom. The first kappa shape index (κ1) is 21.1. The lowest BCUT2D eigenvalue weighted by Crippen LogP contribution is -2.40. The maximum atomic E-state index is 12.0. The van der Waals surface area contributed by atoms with Gasteiger partial charge in [0.05, 0.1) is 5.92 Å². The van der Waals surface area contributed by atoms with Gasteiger partial charge in [-0.15, -0.1) is 0 Å². The van der Waals surface area contributed by atoms with E-state index in [0.29, 0.717) is 0 Å². The van der Waals surface area contributed by atoms with Crippen LogP contribution in [0.25, 0.3) is 0 Å². The van der Waals surface area contributed by atoms with E-state index >= 15 is 0 Å². The highest BCUT2D eigenvalue weighted by molar-refractivity contribution is 7.58. The average Bonchev–Trinajstić information content (AvgIpc) is 2.38. The molecule has 5 N–H and O–H groups in total. The molecule has 0 fully saturated rings. The normalized spacial score (nSPS) is 15.9. The lowest BCUT2D eigenvalue weighted by molar-refractivity contribution is -0.143. The molecule has 0 aliphatic rings. The molecular weight excluding hydrogens is 333 g/mol. The van der Waals surface area contributed by atoms with E-state index in [-0.39, 0.29) is 12.8 Å². The van der Waals surface area contributed by atoms with Gasteiger partial charge in [0.1, 0.15) is 6.04 Å². The highest BCUT2D eigenvalue weighted by atomic mass is 31.2. The summed E-state index contributed by atoms with van der Waals surface area (Å²) >= 11 is 0. The van der Waals surface area contributed by atoms with E-state index < -0.39 is 61.9 Å². The Bertz CT molecular complexity index is 519. The summed E-state index contributed by atoms with van der Waals surface area (Å²) in [7, 11) is -3.99. The van der Waals surface area contributed by atoms with Gasteiger partial charge in [0.15, 0.2) is 0 Å². The van der Waals surface area contributed by atoms with Gasteiger partial charge in [-0.2, -0.15) is 0 Å². The molecule has 0 bridgehead atoms. The van der Waals surface area contributed by atoms with Crippen LogP contribution in [-0.4, -0.2) is 62.4 Å². The second-order valence-corrected chi connectivity index (χ2v) is 7.61. The third-order valence-corrected chi connectivity index (χ3v) is 4.97. The largest absolute Gasteiger partial charge is 0.481 e. The van der Waals surface area contributed by atoms with Gasteiger partial charge in [0.2, 0.25) is 13.3 Å². The fraction of sp³-hybridized carbons (Fsp3) is 0.667. The number of carboxylic acids is 3. The third kappa shape index (κ3) is 9.64. The molecule has 0 aromatic rings. The highest BCUT2D eigenvalue weighted by Crippen LogP contribution is 2.44. The van der Waals surface area contributed by atoms with Crippen LogP contribution in [0.1, 0.15) is 26.2 Å². The van der Waals surface area contributed by atoms with Crippen molar-refractivity contribution in [1.82, 2.24) is 5.32 Å². The molecule has 0 rings (SSSR count). The predicted molar refractivity (Wildman–Crippen MR) is 77.4 cm³/mol. The van der Waals surface area contributed by atoms with Gasteiger partial charge in [-0.25, -0.2) is 4.79 Å². The van der Waals surface area contributed by atoms with Crippen molar-refractivity contribution < 1.29 is 44.0 Å². The van der Waals surface area contributed by atoms with Crippen LogP contribution in [-0.2, 0) is 23.7 Å². The SMILES string of the molecule is CC(=O)N[C@@H](CCP(=O)(O)CC(CCC(=O)O)C(=O)O)C(=O)O. The third-order valence-electron chi connectivity index (χ3n) is 3.00. The van der Waals surface area contributed by atoms with Gasteiger partial charge in [0.25, 0.3) is 0 Å². The zero-order chi connectivity index (χ0) is 18.2. The van der Waals surface area contributed by atoms with Gasteiger partial charge in [-0.05, 0) is 12.8 Å². The first-order valence-electron chi connectivity index (χ1n) is 6.70. The van der Waals surface area contributed by atoms with Gasteiger partial charge >= 0.3 is 17.9 Å². The lowest BCUT2D eigenvalue weighted by atomic mass is 10.1. The van der Waals surface area contributed by atoms with Gasteiger partial charge < -0.3 is 25.5 Å². The van der Waals surface area contributed by atoms with Crippen LogP contribution in [0.3, 0.4) is 0 Å². The topological polar surface area (TPSA) is 178 Å². The zero-order valence-electron chi connectivity index (χ0n) is 12.5. The molecule has 23 heavy (non-hydrogen) atoms. The molecule has 0 aromatic carbocycles. The Kier molecular flexibility index (Phi) is 8.49. The van der Waals surface area contributed by atoms with Crippen molar-refractivity contribution in [3.63, 3.8) is 0 Å². The molecule has 3 atom stereocenters. The molecule has 1 amide bonds. The van der Waals surface area contributed by atoms with Crippen molar-refractivity contribution in [2.24, 2.45) is 5.92 Å². The maximum absolute atomic E-state index is 12.0. The number of hydrogen-bond donors (Lipinski definition) is 5. The Labute approximate surface area is 132 Å². The minimum Gasteiger partial charge on any atom is -0.481 e. The molecule has 0 aromatic heterocycles. The summed E-state index contributed by atoms with van der Waals surface area (Å²) in [6.45, 7) is 1.10. The molecule has 2 unspecified atom stereocenters. The van der Waals surface area contributed by atoms with Crippen molar-refractivity contribution in [2.45, 2.75) is 32.2 Å². The number of carboxylic acid groups (broad SMARTS) is 3. The monoisotopic (exact) mass is 353 g/mol. The average molecular weight is 353 g/mol. The van der Waals surface area contributed by atoms with E-state index in [1.807, 2.05) is 0 Å². The zero-order valence-corrected chi connectivity index (χ0v) is 13.4. The second kappa shape index (κ2) is 9.26. The summed E-state index contributed by atoms with van der Waals surface area (Å²) in [6, 6.07) is -1.35. The van der Waals surface area contributed by atoms with E-state index in [4.69, 9.17) is 15.3 Å². The molecule has 0 aliphatic carbocycles. The first-order valence-corrected chi connectivity index (χ1v) is 8.73. The maximum Gasteiger partial charge on any atom is 0.326 e. The highest BCUT2D eigenvalue weighted by Gasteiger charge is 2.31. The van der Waals surface area contributed by atoms with Crippen molar-refractivity contribution in [1.29, 1.82) is 0 Å². The smallest absolute Gasteiger partial charge is 0.326 e. The van der Waals surface area contributed by atoms with Crippen LogP contribution in [0.2, 0.25) is 0 Å². The van der Waals surface area contributed by atoms with E-state index in [0.717, 1.165) is 6.92 Å². The molecule has 132 valence electrons. The first-order chi connectivity index (χ1) is 10.4. The summed E-state index contributed by atoms with van der Waals surface area (Å²) in [5, 5.41) is 28.5. The molecule has 0 radical (unpaired) electrons. The van der Waals surface area contributed by atoms with Crippen molar-refractivity contribution in [3.05, 3.63) is 0 Å². The van der Waals surface area contributed by atoms with Crippen LogP contribution in [0.4, 0.5) is 0 Å². The van der Waals surface area contributed by atoms with Crippen molar-refractivity contribution >= 4 is 31.2 Å². The lowest BCUT2D eigenvalue weighted by Gasteiger charge is -2.19. The van der Waals surface area contributed by atoms with Crippen LogP contribution in [0.15, 0.2) is 0 Å². The summed E-state index contributed by atoms with van der Waals surface area (Å²) in [4.78, 5) is 53.0. The molecule has 10 nitrogen and oxygen atoms in total. The van der Waals surface area contributed by atoms with Crippen molar-refractivity contribution in [3.8, 4) is 0 Å². The number of carbonyl (C=O) groups is 4. The molecule has 0 saturated carbocycles. The van der Waals surface area contributed by atoms with E-state index in [1.165, 1.54) is 0 Å². The van der Waals surface area contributed by atoms with Gasteiger partial charge in [-0.3, -0.25) is 18.9 Å². The molecule has 0 spiro atoms. The second-order valence-electron chi connectivity index (χ2n) is 5.10. The Morgan fingerprint density at radius 2 is 1.61 bits per heavy atom. The molecule has 11 heteroatoms. The Hall–Kier alpha value is -1.93. The van der Waals surface area contributed by atoms with Crippen LogP contribution in [0, 0.1) is 5.92 Å². The number of amides is 1. The van der Waals surface area contributed by atoms with Crippen molar-refractivity contribution in [2.75, 3.05) is 12.3 Å². The van der Waals surface area contributed by atoms with Crippen LogP contribution < -0.4 is 5.32 Å². The predicted octanol–water partition coefficient (Wildman–Crippen LogP) is -0.198. The number of aliphatic carboxylic acids is 3.